The summed E-state index contributed by atoms with van der Waals surface area (Å²) in [6, 6.07) is 0. The topological polar surface area (TPSA) is 52.6 Å². The molecule has 0 aromatic heterocycles. The number of hydrogen-bond acceptors (Lipinski definition) is 4. The number of carbonyl (C=O) groups excluding carboxylic acids is 2. The van der Waals surface area contributed by atoms with Gasteiger partial charge in [-0.25, -0.2) is 0 Å². The second-order valence-corrected chi connectivity index (χ2v) is 6.33. The Morgan fingerprint density at radius 1 is 1.06 bits per heavy atom. The fourth-order valence-corrected chi connectivity index (χ4v) is 2.41. The van der Waals surface area contributed by atoms with Crippen molar-refractivity contribution in [2.45, 2.75) is 47.5 Å². The van der Waals surface area contributed by atoms with Crippen molar-refractivity contribution in [3.05, 3.63) is 0 Å². The Morgan fingerprint density at radius 2 is 1.56 bits per heavy atom. The molecule has 0 aliphatic carbocycles. The van der Waals surface area contributed by atoms with Gasteiger partial charge >= 0.3 is 11.9 Å². The SMILES string of the molecule is COC(=O)CC(C)(C)CC(C)(C)C(C)C(=O)OC. The summed E-state index contributed by atoms with van der Waals surface area (Å²) in [5, 5.41) is 0. The van der Waals surface area contributed by atoms with Gasteiger partial charge in [-0.3, -0.25) is 9.59 Å². The van der Waals surface area contributed by atoms with E-state index in [4.69, 9.17) is 9.47 Å². The van der Waals surface area contributed by atoms with Crippen molar-refractivity contribution < 1.29 is 19.1 Å². The van der Waals surface area contributed by atoms with Crippen molar-refractivity contribution in [1.82, 2.24) is 0 Å². The summed E-state index contributed by atoms with van der Waals surface area (Å²) in [5.74, 6) is -0.644. The zero-order valence-electron chi connectivity index (χ0n) is 12.6. The monoisotopic (exact) mass is 258 g/mol. The number of rotatable bonds is 6. The third-order valence-corrected chi connectivity index (χ3v) is 3.51. The maximum absolute atomic E-state index is 11.6. The van der Waals surface area contributed by atoms with Gasteiger partial charge < -0.3 is 9.47 Å². The smallest absolute Gasteiger partial charge is 0.308 e. The van der Waals surface area contributed by atoms with E-state index in [0.29, 0.717) is 6.42 Å². The molecule has 0 saturated carbocycles. The van der Waals surface area contributed by atoms with Gasteiger partial charge in [0.05, 0.1) is 26.6 Å². The molecule has 0 spiro atoms. The minimum Gasteiger partial charge on any atom is -0.469 e. The predicted molar refractivity (Wildman–Crippen MR) is 70.0 cm³/mol. The molecule has 0 aromatic carbocycles. The molecule has 18 heavy (non-hydrogen) atoms. The molecule has 0 rings (SSSR count). The van der Waals surface area contributed by atoms with Gasteiger partial charge in [0.15, 0.2) is 0 Å². The first-order valence-corrected chi connectivity index (χ1v) is 6.20. The molecule has 0 N–H and O–H groups in total. The van der Waals surface area contributed by atoms with E-state index in [1.165, 1.54) is 14.2 Å². The number of carbonyl (C=O) groups is 2. The van der Waals surface area contributed by atoms with E-state index >= 15 is 0 Å². The fourth-order valence-electron chi connectivity index (χ4n) is 2.41. The van der Waals surface area contributed by atoms with Crippen LogP contribution in [0.5, 0.6) is 0 Å². The van der Waals surface area contributed by atoms with Crippen LogP contribution in [0, 0.1) is 16.7 Å². The lowest BCUT2D eigenvalue weighted by Gasteiger charge is -2.37. The lowest BCUT2D eigenvalue weighted by Crippen LogP contribution is -2.35. The lowest BCUT2D eigenvalue weighted by atomic mass is 9.68. The van der Waals surface area contributed by atoms with E-state index in [1.807, 2.05) is 34.6 Å². The molecule has 0 aliphatic rings. The van der Waals surface area contributed by atoms with Gasteiger partial charge in [-0.05, 0) is 17.3 Å². The van der Waals surface area contributed by atoms with E-state index in [2.05, 4.69) is 0 Å². The van der Waals surface area contributed by atoms with Crippen LogP contribution in [0.1, 0.15) is 47.5 Å². The predicted octanol–water partition coefficient (Wildman–Crippen LogP) is 2.80. The molecule has 1 atom stereocenters. The molecule has 0 aliphatic heterocycles. The van der Waals surface area contributed by atoms with Gasteiger partial charge in [0.1, 0.15) is 0 Å². The van der Waals surface area contributed by atoms with E-state index in [1.54, 1.807) is 0 Å². The maximum Gasteiger partial charge on any atom is 0.308 e. The Labute approximate surface area is 110 Å². The Kier molecular flexibility index (Phi) is 5.84. The Hall–Kier alpha value is -1.06. The lowest BCUT2D eigenvalue weighted by molar-refractivity contribution is -0.149. The van der Waals surface area contributed by atoms with E-state index < -0.39 is 0 Å². The molecule has 0 heterocycles. The van der Waals surface area contributed by atoms with Gasteiger partial charge in [-0.2, -0.15) is 0 Å². The van der Waals surface area contributed by atoms with Crippen LogP contribution >= 0.6 is 0 Å². The fraction of sp³-hybridized carbons (Fsp3) is 0.857. The normalized spacial score (nSPS) is 13.9. The molecule has 1 unspecified atom stereocenters. The second kappa shape index (κ2) is 6.21. The Morgan fingerprint density at radius 3 is 1.94 bits per heavy atom. The average molecular weight is 258 g/mol. The van der Waals surface area contributed by atoms with Gasteiger partial charge in [-0.15, -0.1) is 0 Å². The number of hydrogen-bond donors (Lipinski definition) is 0. The first-order valence-electron chi connectivity index (χ1n) is 6.20. The zero-order valence-corrected chi connectivity index (χ0v) is 12.6. The summed E-state index contributed by atoms with van der Waals surface area (Å²) in [7, 11) is 2.79. The van der Waals surface area contributed by atoms with Gasteiger partial charge in [-0.1, -0.05) is 34.6 Å². The van der Waals surface area contributed by atoms with E-state index in [-0.39, 0.29) is 28.7 Å². The molecule has 0 aromatic rings. The van der Waals surface area contributed by atoms with Gasteiger partial charge in [0, 0.05) is 0 Å². The molecule has 4 nitrogen and oxygen atoms in total. The molecule has 4 heteroatoms. The minimum absolute atomic E-state index is 0.209. The largest absolute Gasteiger partial charge is 0.469 e. The van der Waals surface area contributed by atoms with Crippen LogP contribution in [0.3, 0.4) is 0 Å². The van der Waals surface area contributed by atoms with E-state index in [0.717, 1.165) is 6.42 Å². The summed E-state index contributed by atoms with van der Waals surface area (Å²) in [6.45, 7) is 9.92. The van der Waals surface area contributed by atoms with Crippen LogP contribution < -0.4 is 0 Å². The molecule has 0 amide bonds. The molecular formula is C14H26O4. The van der Waals surface area contributed by atoms with Crippen molar-refractivity contribution in [3.63, 3.8) is 0 Å². The first kappa shape index (κ1) is 16.9. The van der Waals surface area contributed by atoms with Crippen molar-refractivity contribution in [3.8, 4) is 0 Å². The van der Waals surface area contributed by atoms with Crippen molar-refractivity contribution in [2.24, 2.45) is 16.7 Å². The van der Waals surface area contributed by atoms with Crippen molar-refractivity contribution in [2.75, 3.05) is 14.2 Å². The molecule has 106 valence electrons. The Balaban J connectivity index is 4.74. The number of ether oxygens (including phenoxy) is 2. The van der Waals surface area contributed by atoms with E-state index in [9.17, 15) is 9.59 Å². The number of methoxy groups -OCH3 is 2. The van der Waals surface area contributed by atoms with Gasteiger partial charge in [0.25, 0.3) is 0 Å². The molecule has 0 radical (unpaired) electrons. The molecule has 0 saturated heterocycles. The highest BCUT2D eigenvalue weighted by Gasteiger charge is 2.38. The highest BCUT2D eigenvalue weighted by molar-refractivity contribution is 5.73. The molecule has 0 fully saturated rings. The second-order valence-electron chi connectivity index (χ2n) is 6.33. The standard InChI is InChI=1S/C14H26O4/c1-10(12(16)18-7)14(4,5)9-13(2,3)8-11(15)17-6/h10H,8-9H2,1-7H3. The van der Waals surface area contributed by atoms with Crippen LogP contribution in [-0.2, 0) is 19.1 Å². The summed E-state index contributed by atoms with van der Waals surface area (Å²) >= 11 is 0. The third-order valence-electron chi connectivity index (χ3n) is 3.51. The highest BCUT2D eigenvalue weighted by Crippen LogP contribution is 2.41. The average Bonchev–Trinajstić information content (AvgIpc) is 2.24. The summed E-state index contributed by atoms with van der Waals surface area (Å²) < 4.78 is 9.48. The Bertz CT molecular complexity index is 305. The summed E-state index contributed by atoms with van der Waals surface area (Å²) in [4.78, 5) is 23.0. The summed E-state index contributed by atoms with van der Waals surface area (Å²) in [5.41, 5.74) is -0.441. The summed E-state index contributed by atoms with van der Waals surface area (Å²) in [6.07, 6.45) is 1.09. The van der Waals surface area contributed by atoms with Crippen LogP contribution in [-0.4, -0.2) is 26.2 Å². The van der Waals surface area contributed by atoms with Gasteiger partial charge in [0.2, 0.25) is 0 Å². The quantitative estimate of drug-likeness (QED) is 0.687. The zero-order chi connectivity index (χ0) is 14.6. The highest BCUT2D eigenvalue weighted by atomic mass is 16.5. The van der Waals surface area contributed by atoms with Crippen LogP contribution in [0.4, 0.5) is 0 Å². The van der Waals surface area contributed by atoms with Crippen molar-refractivity contribution in [1.29, 1.82) is 0 Å². The molecular weight excluding hydrogens is 232 g/mol. The van der Waals surface area contributed by atoms with Crippen LogP contribution in [0.15, 0.2) is 0 Å². The maximum atomic E-state index is 11.6. The first-order chi connectivity index (χ1) is 8.05. The van der Waals surface area contributed by atoms with Crippen LogP contribution in [0.2, 0.25) is 0 Å². The minimum atomic E-state index is -0.232. The van der Waals surface area contributed by atoms with Crippen LogP contribution in [0.25, 0.3) is 0 Å². The third kappa shape index (κ3) is 5.07. The molecule has 0 bridgehead atoms. The number of esters is 2. The van der Waals surface area contributed by atoms with Crippen molar-refractivity contribution >= 4 is 11.9 Å².